The Bertz CT molecular complexity index is 665. The van der Waals surface area contributed by atoms with Crippen molar-refractivity contribution in [2.45, 2.75) is 0 Å². The second-order valence-electron chi connectivity index (χ2n) is 3.40. The van der Waals surface area contributed by atoms with Gasteiger partial charge in [0.15, 0.2) is 0 Å². The van der Waals surface area contributed by atoms with Crippen molar-refractivity contribution >= 4 is 27.7 Å². The van der Waals surface area contributed by atoms with Gasteiger partial charge in [-0.2, -0.15) is 10.2 Å². The average molecular weight is 308 g/mol. The first-order valence-electron chi connectivity index (χ1n) is 4.82. The predicted octanol–water partition coefficient (Wildman–Crippen LogP) is 2.08. The van der Waals surface area contributed by atoms with Crippen molar-refractivity contribution < 1.29 is 4.39 Å². The van der Waals surface area contributed by atoms with E-state index in [4.69, 9.17) is 16.7 Å². The zero-order valence-electron chi connectivity index (χ0n) is 8.98. The second-order valence-corrected chi connectivity index (χ2v) is 4.26. The van der Waals surface area contributed by atoms with Gasteiger partial charge in [-0.1, -0.05) is 6.07 Å². The molecule has 0 fully saturated rings. The van der Waals surface area contributed by atoms with Crippen molar-refractivity contribution in [1.29, 1.82) is 5.26 Å². The number of rotatable bonds is 1. The van der Waals surface area contributed by atoms with Gasteiger partial charge in [0.1, 0.15) is 23.3 Å². The van der Waals surface area contributed by atoms with Crippen LogP contribution >= 0.6 is 15.9 Å². The maximum absolute atomic E-state index is 14.0. The zero-order valence-corrected chi connectivity index (χ0v) is 10.6. The summed E-state index contributed by atoms with van der Waals surface area (Å²) in [5.74, 6) is -0.716. The Labute approximate surface area is 110 Å². The van der Waals surface area contributed by atoms with Crippen LogP contribution in [-0.4, -0.2) is 9.97 Å². The van der Waals surface area contributed by atoms with Gasteiger partial charge in [-0.05, 0) is 28.1 Å². The molecule has 5 nitrogen and oxygen atoms in total. The molecule has 0 unspecified atom stereocenters. The number of halogens is 2. The number of hydrogen-bond acceptors (Lipinski definition) is 5. The molecule has 0 radical (unpaired) electrons. The third-order valence-corrected chi connectivity index (χ3v) is 2.89. The smallest absolute Gasteiger partial charge is 0.222 e. The SMILES string of the molecule is N#Cc1c(N)nc(N)nc1-c1cccc(Br)c1F. The Hall–Kier alpha value is -2.20. The number of nitriles is 1. The molecule has 0 saturated heterocycles. The van der Waals surface area contributed by atoms with Gasteiger partial charge in [-0.15, -0.1) is 0 Å². The summed E-state index contributed by atoms with van der Waals surface area (Å²) in [4.78, 5) is 7.55. The lowest BCUT2D eigenvalue weighted by Crippen LogP contribution is -2.05. The Balaban J connectivity index is 2.79. The van der Waals surface area contributed by atoms with Crippen LogP contribution in [0, 0.1) is 17.1 Å². The topological polar surface area (TPSA) is 102 Å². The van der Waals surface area contributed by atoms with Crippen molar-refractivity contribution in [2.24, 2.45) is 0 Å². The lowest BCUT2D eigenvalue weighted by molar-refractivity contribution is 0.624. The van der Waals surface area contributed by atoms with Crippen molar-refractivity contribution in [1.82, 2.24) is 9.97 Å². The number of nitrogen functional groups attached to an aromatic ring is 2. The van der Waals surface area contributed by atoms with E-state index >= 15 is 0 Å². The van der Waals surface area contributed by atoms with Gasteiger partial charge in [-0.3, -0.25) is 0 Å². The number of aromatic nitrogens is 2. The molecule has 0 aliphatic heterocycles. The van der Waals surface area contributed by atoms with E-state index in [1.165, 1.54) is 6.07 Å². The molecule has 4 N–H and O–H groups in total. The van der Waals surface area contributed by atoms with Gasteiger partial charge in [-0.25, -0.2) is 9.37 Å². The Morgan fingerprint density at radius 3 is 2.67 bits per heavy atom. The Morgan fingerprint density at radius 2 is 2.00 bits per heavy atom. The fourth-order valence-electron chi connectivity index (χ4n) is 1.49. The number of hydrogen-bond donors (Lipinski definition) is 2. The maximum Gasteiger partial charge on any atom is 0.222 e. The lowest BCUT2D eigenvalue weighted by atomic mass is 10.1. The molecule has 0 bridgehead atoms. The van der Waals surface area contributed by atoms with Gasteiger partial charge in [0, 0.05) is 5.56 Å². The molecule has 0 aliphatic rings. The highest BCUT2D eigenvalue weighted by Gasteiger charge is 2.17. The molecule has 2 rings (SSSR count). The standard InChI is InChI=1S/C11H7BrFN5/c12-7-3-1-2-5(8(7)13)9-6(4-14)10(15)18-11(16)17-9/h1-3H,(H4,15,16,17,18). The molecular formula is C11H7BrFN5. The van der Waals surface area contributed by atoms with Gasteiger partial charge in [0.25, 0.3) is 0 Å². The Morgan fingerprint density at radius 1 is 1.28 bits per heavy atom. The maximum atomic E-state index is 14.0. The van der Waals surface area contributed by atoms with Crippen LogP contribution in [0.4, 0.5) is 16.2 Å². The van der Waals surface area contributed by atoms with Crippen LogP contribution in [0.5, 0.6) is 0 Å². The molecule has 0 saturated carbocycles. The molecule has 90 valence electrons. The summed E-state index contributed by atoms with van der Waals surface area (Å²) in [5.41, 5.74) is 11.3. The summed E-state index contributed by atoms with van der Waals surface area (Å²) >= 11 is 3.06. The molecule has 2 aromatic rings. The molecule has 1 heterocycles. The van der Waals surface area contributed by atoms with E-state index in [2.05, 4.69) is 25.9 Å². The van der Waals surface area contributed by atoms with Crippen LogP contribution in [0.2, 0.25) is 0 Å². The second kappa shape index (κ2) is 4.58. The Kier molecular flexibility index (Phi) is 3.12. The van der Waals surface area contributed by atoms with Crippen molar-refractivity contribution in [3.05, 3.63) is 34.1 Å². The van der Waals surface area contributed by atoms with Crippen molar-refractivity contribution in [3.63, 3.8) is 0 Å². The number of anilines is 2. The normalized spacial score (nSPS) is 10.1. The lowest BCUT2D eigenvalue weighted by Gasteiger charge is -2.08. The first kappa shape index (κ1) is 12.3. The highest BCUT2D eigenvalue weighted by Crippen LogP contribution is 2.30. The summed E-state index contributed by atoms with van der Waals surface area (Å²) in [6.07, 6.45) is 0. The fraction of sp³-hybridized carbons (Fsp3) is 0. The van der Waals surface area contributed by atoms with E-state index in [0.717, 1.165) is 0 Å². The number of benzene rings is 1. The van der Waals surface area contributed by atoms with E-state index in [1.54, 1.807) is 12.1 Å². The number of nitrogens with two attached hydrogens (primary N) is 2. The quantitative estimate of drug-likeness (QED) is 0.840. The summed E-state index contributed by atoms with van der Waals surface area (Å²) in [7, 11) is 0. The molecular weight excluding hydrogens is 301 g/mol. The zero-order chi connectivity index (χ0) is 13.3. The molecule has 0 aliphatic carbocycles. The summed E-state index contributed by atoms with van der Waals surface area (Å²) in [6.45, 7) is 0. The summed E-state index contributed by atoms with van der Waals surface area (Å²) < 4.78 is 14.2. The van der Waals surface area contributed by atoms with Crippen LogP contribution in [0.1, 0.15) is 5.56 Å². The van der Waals surface area contributed by atoms with Gasteiger partial charge >= 0.3 is 0 Å². The largest absolute Gasteiger partial charge is 0.382 e. The van der Waals surface area contributed by atoms with E-state index in [1.807, 2.05) is 6.07 Å². The first-order chi connectivity index (χ1) is 8.54. The van der Waals surface area contributed by atoms with Gasteiger partial charge in [0.05, 0.1) is 10.2 Å². The molecule has 0 spiro atoms. The minimum atomic E-state index is -0.536. The van der Waals surface area contributed by atoms with Crippen LogP contribution in [-0.2, 0) is 0 Å². The van der Waals surface area contributed by atoms with Crippen molar-refractivity contribution in [3.8, 4) is 17.3 Å². The average Bonchev–Trinajstić information content (AvgIpc) is 2.32. The highest BCUT2D eigenvalue weighted by atomic mass is 79.9. The van der Waals surface area contributed by atoms with Gasteiger partial charge in [0.2, 0.25) is 5.95 Å². The van der Waals surface area contributed by atoms with E-state index in [-0.39, 0.29) is 33.1 Å². The third-order valence-electron chi connectivity index (χ3n) is 2.27. The van der Waals surface area contributed by atoms with E-state index in [9.17, 15) is 4.39 Å². The van der Waals surface area contributed by atoms with Crippen LogP contribution < -0.4 is 11.5 Å². The minimum absolute atomic E-state index is 0.00111. The van der Waals surface area contributed by atoms with Crippen LogP contribution in [0.15, 0.2) is 22.7 Å². The predicted molar refractivity (Wildman–Crippen MR) is 68.7 cm³/mol. The summed E-state index contributed by atoms with van der Waals surface area (Å²) in [5, 5.41) is 9.03. The molecule has 1 aromatic carbocycles. The van der Waals surface area contributed by atoms with Gasteiger partial charge < -0.3 is 11.5 Å². The molecule has 1 aromatic heterocycles. The van der Waals surface area contributed by atoms with E-state index < -0.39 is 5.82 Å². The third kappa shape index (κ3) is 1.98. The van der Waals surface area contributed by atoms with E-state index in [0.29, 0.717) is 0 Å². The fourth-order valence-corrected chi connectivity index (χ4v) is 1.85. The monoisotopic (exact) mass is 307 g/mol. The summed E-state index contributed by atoms with van der Waals surface area (Å²) in [6, 6.07) is 6.50. The van der Waals surface area contributed by atoms with Crippen LogP contribution in [0.25, 0.3) is 11.3 Å². The number of nitrogens with zero attached hydrogens (tertiary/aromatic N) is 3. The molecule has 0 atom stereocenters. The molecule has 18 heavy (non-hydrogen) atoms. The molecule has 7 heteroatoms. The van der Waals surface area contributed by atoms with Crippen LogP contribution in [0.3, 0.4) is 0 Å². The first-order valence-corrected chi connectivity index (χ1v) is 5.61. The molecule has 0 amide bonds. The minimum Gasteiger partial charge on any atom is -0.382 e. The highest BCUT2D eigenvalue weighted by molar-refractivity contribution is 9.10. The van der Waals surface area contributed by atoms with Crippen molar-refractivity contribution in [2.75, 3.05) is 11.5 Å².